The van der Waals surface area contributed by atoms with E-state index in [0.29, 0.717) is 16.9 Å². The van der Waals surface area contributed by atoms with Gasteiger partial charge in [0.2, 0.25) is 0 Å². The van der Waals surface area contributed by atoms with Crippen molar-refractivity contribution in [3.8, 4) is 34.1 Å². The van der Waals surface area contributed by atoms with Crippen LogP contribution in [0.3, 0.4) is 0 Å². The molecule has 0 saturated carbocycles. The van der Waals surface area contributed by atoms with E-state index < -0.39 is 74.6 Å². The quantitative estimate of drug-likeness (QED) is 0.0883. The number of benzene rings is 6. The van der Waals surface area contributed by atoms with E-state index in [-0.39, 0.29) is 17.2 Å². The predicted octanol–water partition coefficient (Wildman–Crippen LogP) is 7.39. The van der Waals surface area contributed by atoms with Gasteiger partial charge in [0, 0.05) is 17.2 Å². The lowest BCUT2D eigenvalue weighted by atomic mass is 9.66. The second-order valence-electron chi connectivity index (χ2n) is 12.7. The number of carboxylic acids is 4. The fourth-order valence-corrected chi connectivity index (χ4v) is 7.58. The zero-order valence-corrected chi connectivity index (χ0v) is 28.5. The van der Waals surface area contributed by atoms with Crippen LogP contribution >= 0.6 is 0 Å². The van der Waals surface area contributed by atoms with Crippen LogP contribution in [0.25, 0.3) is 11.1 Å². The van der Waals surface area contributed by atoms with Gasteiger partial charge in [0.25, 0.3) is 0 Å². The molecule has 13 nitrogen and oxygen atoms in total. The van der Waals surface area contributed by atoms with Crippen LogP contribution in [0.1, 0.15) is 84.4 Å². The van der Waals surface area contributed by atoms with Crippen molar-refractivity contribution in [1.29, 1.82) is 0 Å². The highest BCUT2D eigenvalue weighted by Gasteiger charge is 2.51. The minimum Gasteiger partial charge on any atom is -0.478 e. The molecule has 0 unspecified atom stereocenters. The second kappa shape index (κ2) is 13.1. The van der Waals surface area contributed by atoms with Crippen LogP contribution in [0.5, 0.6) is 23.0 Å². The Bertz CT molecular complexity index is 2700. The normalized spacial score (nSPS) is 12.6. The highest BCUT2D eigenvalue weighted by molar-refractivity contribution is 6.11. The van der Waals surface area contributed by atoms with Crippen LogP contribution in [-0.4, -0.2) is 56.2 Å². The summed E-state index contributed by atoms with van der Waals surface area (Å²) >= 11 is 0. The summed E-state index contributed by atoms with van der Waals surface area (Å²) in [6, 6.07) is 31.5. The molecule has 0 atom stereocenters. The molecular formula is C43H24O13. The number of rotatable bonds is 8. The van der Waals surface area contributed by atoms with Crippen molar-refractivity contribution in [3.63, 3.8) is 0 Å². The average molecular weight is 749 g/mol. The molecule has 2 aliphatic rings. The van der Waals surface area contributed by atoms with Gasteiger partial charge in [0.05, 0.1) is 38.8 Å². The first-order chi connectivity index (χ1) is 26.9. The molecular weight excluding hydrogens is 724 g/mol. The van der Waals surface area contributed by atoms with E-state index in [2.05, 4.69) is 0 Å². The highest BCUT2D eigenvalue weighted by atomic mass is 16.5. The molecule has 0 saturated heterocycles. The number of hydrogen-bond donors (Lipinski definition) is 4. The molecule has 1 spiro atoms. The summed E-state index contributed by atoms with van der Waals surface area (Å²) < 4.78 is 17.8. The Morgan fingerprint density at radius 1 is 0.429 bits per heavy atom. The van der Waals surface area contributed by atoms with Crippen LogP contribution in [0, 0.1) is 0 Å². The summed E-state index contributed by atoms with van der Waals surface area (Å²) in [5, 5.41) is 38.7. The molecule has 1 aliphatic carbocycles. The first-order valence-electron chi connectivity index (χ1n) is 16.7. The van der Waals surface area contributed by atoms with Gasteiger partial charge < -0.3 is 34.6 Å². The van der Waals surface area contributed by atoms with E-state index in [1.54, 1.807) is 18.2 Å². The maximum Gasteiger partial charge on any atom is 0.344 e. The van der Waals surface area contributed by atoms with E-state index in [0.717, 1.165) is 46.5 Å². The summed E-state index contributed by atoms with van der Waals surface area (Å²) in [5.41, 5.74) is -0.0799. The minimum atomic E-state index is -1.62. The van der Waals surface area contributed by atoms with Crippen molar-refractivity contribution >= 4 is 35.8 Å². The van der Waals surface area contributed by atoms with Gasteiger partial charge in [0.15, 0.2) is 0 Å². The number of fused-ring (bicyclic) bond motifs is 9. The lowest BCUT2D eigenvalue weighted by Crippen LogP contribution is -2.32. The molecule has 6 aromatic carbocycles. The topological polar surface area (TPSA) is 211 Å². The van der Waals surface area contributed by atoms with Gasteiger partial charge in [-0.05, 0) is 70.8 Å². The molecule has 1 heterocycles. The van der Waals surface area contributed by atoms with Crippen LogP contribution in [-0.2, 0) is 5.41 Å². The lowest BCUT2D eigenvalue weighted by Gasteiger charge is -2.39. The van der Waals surface area contributed by atoms with Crippen molar-refractivity contribution in [1.82, 2.24) is 0 Å². The Labute approximate surface area is 315 Å². The first kappa shape index (κ1) is 35.0. The van der Waals surface area contributed by atoms with Crippen molar-refractivity contribution in [3.05, 3.63) is 177 Å². The lowest BCUT2D eigenvalue weighted by molar-refractivity contribution is 0.0640. The number of hydrogen-bond acceptors (Lipinski definition) is 9. The predicted molar refractivity (Wildman–Crippen MR) is 194 cm³/mol. The number of aromatic carboxylic acids is 4. The Morgan fingerprint density at radius 2 is 0.893 bits per heavy atom. The number of carbonyl (C=O) groups is 6. The molecule has 56 heavy (non-hydrogen) atoms. The molecule has 0 fully saturated rings. The molecule has 1 aliphatic heterocycles. The number of ether oxygens (including phenoxy) is 3. The maximum atomic E-state index is 13.5. The molecule has 0 bridgehead atoms. The molecule has 0 radical (unpaired) electrons. The minimum absolute atomic E-state index is 0.00230. The first-order valence-corrected chi connectivity index (χ1v) is 16.7. The Morgan fingerprint density at radius 3 is 1.39 bits per heavy atom. The van der Waals surface area contributed by atoms with Crippen molar-refractivity contribution in [2.45, 2.75) is 5.41 Å². The van der Waals surface area contributed by atoms with Crippen LogP contribution in [0.15, 0.2) is 121 Å². The fraction of sp³-hybridized carbons (Fsp3) is 0.0233. The average Bonchev–Trinajstić information content (AvgIpc) is 3.48. The monoisotopic (exact) mass is 748 g/mol. The van der Waals surface area contributed by atoms with Crippen molar-refractivity contribution in [2.75, 3.05) is 0 Å². The van der Waals surface area contributed by atoms with E-state index in [9.17, 15) is 49.2 Å². The van der Waals surface area contributed by atoms with Gasteiger partial charge in [-0.25, -0.2) is 28.8 Å². The summed E-state index contributed by atoms with van der Waals surface area (Å²) in [5.74, 6) is -7.98. The Hall–Kier alpha value is -8.06. The van der Waals surface area contributed by atoms with E-state index in [4.69, 9.17) is 14.2 Å². The van der Waals surface area contributed by atoms with Crippen LogP contribution < -0.4 is 14.2 Å². The molecule has 8 rings (SSSR count). The molecule has 4 N–H and O–H groups in total. The number of carboxylic acid groups (broad SMARTS) is 4. The number of carbonyl (C=O) groups excluding carboxylic acids is 2. The van der Waals surface area contributed by atoms with Gasteiger partial charge in [-0.2, -0.15) is 0 Å². The highest BCUT2D eigenvalue weighted by Crippen LogP contribution is 2.62. The molecule has 0 aromatic heterocycles. The van der Waals surface area contributed by atoms with Gasteiger partial charge >= 0.3 is 35.8 Å². The van der Waals surface area contributed by atoms with Gasteiger partial charge in [-0.1, -0.05) is 66.7 Å². The van der Waals surface area contributed by atoms with Crippen LogP contribution in [0.2, 0.25) is 0 Å². The molecule has 6 aromatic rings. The zero-order chi connectivity index (χ0) is 39.5. The smallest absolute Gasteiger partial charge is 0.344 e. The van der Waals surface area contributed by atoms with Gasteiger partial charge in [-0.3, -0.25) is 0 Å². The summed E-state index contributed by atoms with van der Waals surface area (Å²) in [6.07, 6.45) is 0. The number of esters is 2. The largest absolute Gasteiger partial charge is 0.478 e. The third-order valence-electron chi connectivity index (χ3n) is 9.76. The maximum absolute atomic E-state index is 13.5. The molecule has 13 heteroatoms. The summed E-state index contributed by atoms with van der Waals surface area (Å²) in [4.78, 5) is 74.5. The third-order valence-corrected chi connectivity index (χ3v) is 9.76. The summed E-state index contributed by atoms with van der Waals surface area (Å²) in [6.45, 7) is 0. The third kappa shape index (κ3) is 5.33. The molecule has 274 valence electrons. The SMILES string of the molecule is O=C(O)c1cccc(C(=O)Oc2ccc3c(c2)Oc2ccc(OC(=O)c4cccc(C(=O)O)c4C(=O)O)cc2C32c3ccccc3-c3ccccc32)c1C(=O)O. The van der Waals surface area contributed by atoms with Gasteiger partial charge in [-0.15, -0.1) is 0 Å². The van der Waals surface area contributed by atoms with E-state index in [1.807, 2.05) is 48.5 Å². The standard InChI is InChI=1S/C43H24O13/c44-37(45)25-9-5-11-27(35(25)39(48)49)41(52)54-21-16-18-33-32(19-21)43(29-13-3-1-7-23(29)24-8-2-4-14-30(24)43)31-17-15-22(20-34(31)56-33)55-42(53)28-12-6-10-26(38(46)47)36(28)40(50)51/h1-20H,(H,44,45)(H,46,47)(H,48,49)(H,50,51). The second-order valence-corrected chi connectivity index (χ2v) is 12.7. The Kier molecular flexibility index (Phi) is 8.19. The van der Waals surface area contributed by atoms with Gasteiger partial charge in [0.1, 0.15) is 23.0 Å². The van der Waals surface area contributed by atoms with E-state index in [1.165, 1.54) is 30.3 Å². The van der Waals surface area contributed by atoms with E-state index >= 15 is 0 Å². The Balaban J connectivity index is 1.25. The fourth-order valence-electron chi connectivity index (χ4n) is 7.58. The zero-order valence-electron chi connectivity index (χ0n) is 28.5. The molecule has 0 amide bonds. The van der Waals surface area contributed by atoms with Crippen molar-refractivity contribution in [2.24, 2.45) is 0 Å². The van der Waals surface area contributed by atoms with Crippen molar-refractivity contribution < 1.29 is 63.4 Å². The summed E-state index contributed by atoms with van der Waals surface area (Å²) in [7, 11) is 0. The van der Waals surface area contributed by atoms with Crippen LogP contribution in [0.4, 0.5) is 0 Å².